The molecule has 0 spiro atoms. The largest absolute Gasteiger partial charge is 0.482 e. The number of ether oxygens (including phenoxy) is 1. The maximum atomic E-state index is 14.3. The van der Waals surface area contributed by atoms with Gasteiger partial charge in [0.05, 0.1) is 11.6 Å². The van der Waals surface area contributed by atoms with E-state index in [0.717, 1.165) is 0 Å². The molecule has 6 nitrogen and oxygen atoms in total. The third kappa shape index (κ3) is 6.36. The van der Waals surface area contributed by atoms with E-state index in [1.165, 1.54) is 31.2 Å². The Morgan fingerprint density at radius 2 is 1.73 bits per heavy atom. The molecular formula is C23H25F4N3O3. The Morgan fingerprint density at radius 1 is 1.09 bits per heavy atom. The van der Waals surface area contributed by atoms with Crippen molar-refractivity contribution in [2.24, 2.45) is 5.16 Å². The molecule has 0 bridgehead atoms. The Kier molecular flexibility index (Phi) is 7.78. The van der Waals surface area contributed by atoms with Crippen LogP contribution in [0, 0.1) is 5.82 Å². The van der Waals surface area contributed by atoms with Crippen molar-refractivity contribution >= 4 is 17.3 Å². The number of benzene rings is 2. The van der Waals surface area contributed by atoms with Crippen molar-refractivity contribution in [2.75, 3.05) is 37.7 Å². The lowest BCUT2D eigenvalue weighted by atomic mass is 9.91. The van der Waals surface area contributed by atoms with Crippen molar-refractivity contribution in [1.82, 2.24) is 4.90 Å². The molecule has 178 valence electrons. The highest BCUT2D eigenvalue weighted by molar-refractivity contribution is 5.91. The highest BCUT2D eigenvalue weighted by Crippen LogP contribution is 2.31. The van der Waals surface area contributed by atoms with E-state index in [-0.39, 0.29) is 29.4 Å². The first kappa shape index (κ1) is 24.3. The summed E-state index contributed by atoms with van der Waals surface area (Å²) in [5, 5.41) is 13.0. The minimum Gasteiger partial charge on any atom is -0.482 e. The molecule has 1 unspecified atom stereocenters. The van der Waals surface area contributed by atoms with E-state index < -0.39 is 24.5 Å². The summed E-state index contributed by atoms with van der Waals surface area (Å²) in [6.07, 6.45) is -4.41. The number of carbonyl (C=O) groups excluding carboxylic acids is 1. The zero-order valence-corrected chi connectivity index (χ0v) is 18.1. The fraction of sp³-hybridized carbons (Fsp3) is 0.391. The number of para-hydroxylation sites is 2. The second-order valence-corrected chi connectivity index (χ2v) is 7.75. The number of ketones is 1. The van der Waals surface area contributed by atoms with Crippen LogP contribution in [-0.4, -0.2) is 60.7 Å². The minimum atomic E-state index is -4.44. The molecule has 0 aliphatic carbocycles. The molecule has 0 aromatic heterocycles. The van der Waals surface area contributed by atoms with Crippen LogP contribution in [0.25, 0.3) is 0 Å². The first-order valence-corrected chi connectivity index (χ1v) is 10.4. The van der Waals surface area contributed by atoms with Crippen LogP contribution < -0.4 is 9.64 Å². The number of hydrogen-bond acceptors (Lipinski definition) is 5. The van der Waals surface area contributed by atoms with Crippen LogP contribution in [0.5, 0.6) is 5.75 Å². The lowest BCUT2D eigenvalue weighted by molar-refractivity contribution is -0.153. The predicted molar refractivity (Wildman–Crippen MR) is 115 cm³/mol. The molecule has 0 saturated carbocycles. The van der Waals surface area contributed by atoms with Crippen molar-refractivity contribution in [3.8, 4) is 5.75 Å². The lowest BCUT2D eigenvalue weighted by Crippen LogP contribution is -2.49. The first-order chi connectivity index (χ1) is 15.7. The van der Waals surface area contributed by atoms with Gasteiger partial charge in [-0.25, -0.2) is 4.39 Å². The predicted octanol–water partition coefficient (Wildman–Crippen LogP) is 4.44. The summed E-state index contributed by atoms with van der Waals surface area (Å²) in [6, 6.07) is 12.5. The Labute approximate surface area is 189 Å². The van der Waals surface area contributed by atoms with Crippen LogP contribution in [-0.2, 0) is 4.79 Å². The van der Waals surface area contributed by atoms with E-state index in [1.54, 1.807) is 29.2 Å². The van der Waals surface area contributed by atoms with Gasteiger partial charge >= 0.3 is 6.18 Å². The zero-order valence-electron chi connectivity index (χ0n) is 18.1. The molecule has 2 aromatic rings. The van der Waals surface area contributed by atoms with E-state index in [9.17, 15) is 27.6 Å². The molecule has 2 aromatic carbocycles. The fourth-order valence-electron chi connectivity index (χ4n) is 3.85. The Hall–Kier alpha value is -3.30. The van der Waals surface area contributed by atoms with Crippen LogP contribution in [0.4, 0.5) is 23.2 Å². The number of hydrogen-bond donors (Lipinski definition) is 1. The molecule has 33 heavy (non-hydrogen) atoms. The number of Topliss-reactive ketones (excluding diaryl/α,β-unsaturated/α-hetero) is 1. The molecule has 1 atom stereocenters. The van der Waals surface area contributed by atoms with Gasteiger partial charge in [0.25, 0.3) is 0 Å². The fourth-order valence-corrected chi connectivity index (χ4v) is 3.85. The standard InChI is InChI=1S/C23H25F4N3O3/c1-16(31)18(17-6-2-3-7-19(17)24)14-22(28-32)30-12-10-29(11-13-30)20-8-4-5-9-21(20)33-15-23(25,26)27/h2-9,18,32H,10-15H2,1H3/b28-22-. The molecule has 3 rings (SSSR count). The molecular weight excluding hydrogens is 442 g/mol. The van der Waals surface area contributed by atoms with E-state index in [2.05, 4.69) is 5.16 Å². The normalized spacial score (nSPS) is 16.0. The summed E-state index contributed by atoms with van der Waals surface area (Å²) in [5.41, 5.74) is 0.775. The van der Waals surface area contributed by atoms with E-state index in [0.29, 0.717) is 31.9 Å². The van der Waals surface area contributed by atoms with Gasteiger partial charge in [0, 0.05) is 32.6 Å². The molecule has 1 fully saturated rings. The number of piperazine rings is 1. The average molecular weight is 467 g/mol. The third-order valence-electron chi connectivity index (χ3n) is 5.52. The van der Waals surface area contributed by atoms with Crippen molar-refractivity contribution in [3.63, 3.8) is 0 Å². The summed E-state index contributed by atoms with van der Waals surface area (Å²) < 4.78 is 56.9. The topological polar surface area (TPSA) is 65.4 Å². The third-order valence-corrected chi connectivity index (χ3v) is 5.52. The van der Waals surface area contributed by atoms with E-state index >= 15 is 0 Å². The van der Waals surface area contributed by atoms with Gasteiger partial charge in [-0.1, -0.05) is 35.5 Å². The van der Waals surface area contributed by atoms with Gasteiger partial charge in [-0.2, -0.15) is 13.2 Å². The maximum Gasteiger partial charge on any atom is 0.422 e. The minimum absolute atomic E-state index is 0.0258. The monoisotopic (exact) mass is 467 g/mol. The second kappa shape index (κ2) is 10.5. The van der Waals surface area contributed by atoms with Gasteiger partial charge in [0.15, 0.2) is 6.61 Å². The smallest absolute Gasteiger partial charge is 0.422 e. The average Bonchev–Trinajstić information content (AvgIpc) is 2.79. The van der Waals surface area contributed by atoms with E-state index in [1.807, 2.05) is 4.90 Å². The summed E-state index contributed by atoms with van der Waals surface area (Å²) >= 11 is 0. The van der Waals surface area contributed by atoms with Crippen molar-refractivity contribution in [3.05, 3.63) is 59.9 Å². The number of carbonyl (C=O) groups is 1. The Bertz CT molecular complexity index is 989. The molecule has 0 radical (unpaired) electrons. The number of oxime groups is 1. The van der Waals surface area contributed by atoms with Gasteiger partial charge < -0.3 is 19.7 Å². The SMILES string of the molecule is CC(=O)C(C/C(=N/O)N1CCN(c2ccccc2OCC(F)(F)F)CC1)c1ccccc1F. The van der Waals surface area contributed by atoms with Crippen molar-refractivity contribution in [1.29, 1.82) is 0 Å². The van der Waals surface area contributed by atoms with Crippen LogP contribution >= 0.6 is 0 Å². The summed E-state index contributed by atoms with van der Waals surface area (Å²) in [4.78, 5) is 15.9. The number of amidine groups is 1. The van der Waals surface area contributed by atoms with Gasteiger partial charge in [0.1, 0.15) is 23.2 Å². The Morgan fingerprint density at radius 3 is 2.33 bits per heavy atom. The highest BCUT2D eigenvalue weighted by Gasteiger charge is 2.30. The zero-order chi connectivity index (χ0) is 24.0. The van der Waals surface area contributed by atoms with E-state index in [4.69, 9.17) is 4.74 Å². The van der Waals surface area contributed by atoms with Crippen LogP contribution in [0.15, 0.2) is 53.7 Å². The molecule has 1 N–H and O–H groups in total. The van der Waals surface area contributed by atoms with Crippen molar-refractivity contribution in [2.45, 2.75) is 25.4 Å². The van der Waals surface area contributed by atoms with Gasteiger partial charge in [-0.15, -0.1) is 0 Å². The molecule has 10 heteroatoms. The number of nitrogens with zero attached hydrogens (tertiary/aromatic N) is 3. The number of anilines is 1. The maximum absolute atomic E-state index is 14.3. The number of alkyl halides is 3. The first-order valence-electron chi connectivity index (χ1n) is 10.4. The molecule has 1 saturated heterocycles. The highest BCUT2D eigenvalue weighted by atomic mass is 19.4. The second-order valence-electron chi connectivity index (χ2n) is 7.75. The summed E-state index contributed by atoms with van der Waals surface area (Å²) in [5.74, 6) is -1.17. The Balaban J connectivity index is 1.68. The van der Waals surface area contributed by atoms with Crippen LogP contribution in [0.2, 0.25) is 0 Å². The van der Waals surface area contributed by atoms with Gasteiger partial charge in [-0.05, 0) is 30.7 Å². The van der Waals surface area contributed by atoms with Crippen molar-refractivity contribution < 1.29 is 32.3 Å². The quantitative estimate of drug-likeness (QED) is 0.215. The summed E-state index contributed by atoms with van der Waals surface area (Å²) in [6.45, 7) is 1.63. The van der Waals surface area contributed by atoms with Crippen LogP contribution in [0.3, 0.4) is 0 Å². The molecule has 1 aliphatic heterocycles. The van der Waals surface area contributed by atoms with Gasteiger partial charge in [0.2, 0.25) is 0 Å². The molecule has 0 amide bonds. The van der Waals surface area contributed by atoms with Crippen LogP contribution in [0.1, 0.15) is 24.8 Å². The lowest BCUT2D eigenvalue weighted by Gasteiger charge is -2.38. The summed E-state index contributed by atoms with van der Waals surface area (Å²) in [7, 11) is 0. The molecule has 1 aliphatic rings. The molecule has 1 heterocycles. The number of rotatable bonds is 7. The van der Waals surface area contributed by atoms with Gasteiger partial charge in [-0.3, -0.25) is 4.79 Å². The number of halogens is 4.